The Morgan fingerprint density at radius 1 is 0.941 bits per heavy atom. The zero-order valence-electron chi connectivity index (χ0n) is 8.57. The van der Waals surface area contributed by atoms with E-state index >= 15 is 0 Å². The molecule has 17 heavy (non-hydrogen) atoms. The van der Waals surface area contributed by atoms with Gasteiger partial charge < -0.3 is 5.73 Å². The van der Waals surface area contributed by atoms with E-state index in [4.69, 9.17) is 5.73 Å². The van der Waals surface area contributed by atoms with Gasteiger partial charge in [0.1, 0.15) is 6.33 Å². The maximum atomic E-state index is 13.0. The van der Waals surface area contributed by atoms with Crippen molar-refractivity contribution in [2.45, 2.75) is 6.04 Å². The van der Waals surface area contributed by atoms with Crippen molar-refractivity contribution in [2.75, 3.05) is 0 Å². The van der Waals surface area contributed by atoms with Crippen LogP contribution in [0.25, 0.3) is 0 Å². The van der Waals surface area contributed by atoms with Crippen LogP contribution in [0.4, 0.5) is 13.2 Å². The summed E-state index contributed by atoms with van der Waals surface area (Å²) in [6, 6.07) is 0.910. The number of nitrogens with two attached hydrogens (primary N) is 1. The van der Waals surface area contributed by atoms with E-state index in [2.05, 4.69) is 9.97 Å². The second-order valence-electron chi connectivity index (χ2n) is 3.45. The van der Waals surface area contributed by atoms with Gasteiger partial charge in [0.05, 0.1) is 6.04 Å². The molecule has 0 aliphatic carbocycles. The van der Waals surface area contributed by atoms with Crippen LogP contribution < -0.4 is 5.73 Å². The van der Waals surface area contributed by atoms with Gasteiger partial charge in [-0.1, -0.05) is 0 Å². The molecule has 1 aromatic heterocycles. The van der Waals surface area contributed by atoms with Crippen molar-refractivity contribution in [1.29, 1.82) is 0 Å². The zero-order valence-corrected chi connectivity index (χ0v) is 8.57. The summed E-state index contributed by atoms with van der Waals surface area (Å²) in [6.07, 6.45) is 4.16. The lowest BCUT2D eigenvalue weighted by atomic mass is 10.0. The highest BCUT2D eigenvalue weighted by Crippen LogP contribution is 2.22. The Labute approximate surface area is 95.1 Å². The average Bonchev–Trinajstić information content (AvgIpc) is 2.35. The zero-order chi connectivity index (χ0) is 12.4. The van der Waals surface area contributed by atoms with Gasteiger partial charge in [-0.2, -0.15) is 0 Å². The first kappa shape index (κ1) is 11.5. The highest BCUT2D eigenvalue weighted by Gasteiger charge is 2.16. The van der Waals surface area contributed by atoms with Crippen molar-refractivity contribution < 1.29 is 13.2 Å². The van der Waals surface area contributed by atoms with Gasteiger partial charge in [-0.05, 0) is 17.7 Å². The molecule has 1 heterocycles. The third kappa shape index (κ3) is 2.26. The van der Waals surface area contributed by atoms with Crippen molar-refractivity contribution in [3.8, 4) is 0 Å². The number of benzene rings is 1. The monoisotopic (exact) mass is 239 g/mol. The molecule has 88 valence electrons. The Balaban J connectivity index is 2.41. The smallest absolute Gasteiger partial charge is 0.194 e. The molecule has 2 rings (SSSR count). The Morgan fingerprint density at radius 3 is 2.00 bits per heavy atom. The molecule has 0 spiro atoms. The largest absolute Gasteiger partial charge is 0.320 e. The van der Waals surface area contributed by atoms with E-state index in [0.29, 0.717) is 5.56 Å². The first-order chi connectivity index (χ1) is 8.09. The molecule has 1 unspecified atom stereocenters. The van der Waals surface area contributed by atoms with E-state index in [0.717, 1.165) is 12.1 Å². The Kier molecular flexibility index (Phi) is 3.06. The second kappa shape index (κ2) is 4.50. The van der Waals surface area contributed by atoms with Crippen LogP contribution in [0.1, 0.15) is 17.2 Å². The number of hydrogen-bond donors (Lipinski definition) is 1. The number of rotatable bonds is 2. The van der Waals surface area contributed by atoms with Crippen LogP contribution in [0.15, 0.2) is 30.9 Å². The molecular weight excluding hydrogens is 231 g/mol. The Morgan fingerprint density at radius 2 is 1.47 bits per heavy atom. The summed E-state index contributed by atoms with van der Waals surface area (Å²) in [5.41, 5.74) is 6.37. The van der Waals surface area contributed by atoms with Crippen molar-refractivity contribution >= 4 is 0 Å². The molecule has 0 radical (unpaired) electrons. The standard InChI is InChI=1S/C11H8F3N3/c12-8-1-6(2-9(13)10(8)14)11(15)7-3-16-5-17-4-7/h1-5,11H,15H2. The van der Waals surface area contributed by atoms with Crippen LogP contribution in [0.2, 0.25) is 0 Å². The molecule has 1 aromatic carbocycles. The number of aromatic nitrogens is 2. The molecule has 2 N–H and O–H groups in total. The van der Waals surface area contributed by atoms with E-state index in [1.54, 1.807) is 0 Å². The molecule has 0 fully saturated rings. The maximum absolute atomic E-state index is 13.0. The lowest BCUT2D eigenvalue weighted by molar-refractivity contribution is 0.444. The summed E-state index contributed by atoms with van der Waals surface area (Å²) < 4.78 is 38.8. The topological polar surface area (TPSA) is 51.8 Å². The molecular formula is C11H8F3N3. The van der Waals surface area contributed by atoms with Gasteiger partial charge in [0.25, 0.3) is 0 Å². The van der Waals surface area contributed by atoms with Crippen LogP contribution in [0, 0.1) is 17.5 Å². The maximum Gasteiger partial charge on any atom is 0.194 e. The fourth-order valence-electron chi connectivity index (χ4n) is 1.42. The number of halogens is 3. The van der Waals surface area contributed by atoms with Crippen LogP contribution in [0.5, 0.6) is 0 Å². The quantitative estimate of drug-likeness (QED) is 0.815. The van der Waals surface area contributed by atoms with Crippen molar-refractivity contribution in [3.63, 3.8) is 0 Å². The van der Waals surface area contributed by atoms with Crippen LogP contribution in [-0.4, -0.2) is 9.97 Å². The van der Waals surface area contributed by atoms with E-state index in [1.807, 2.05) is 0 Å². The van der Waals surface area contributed by atoms with Crippen LogP contribution in [-0.2, 0) is 0 Å². The Hall–Kier alpha value is -1.95. The summed E-state index contributed by atoms with van der Waals surface area (Å²) in [6.45, 7) is 0. The van der Waals surface area contributed by atoms with Gasteiger partial charge in [-0.15, -0.1) is 0 Å². The third-order valence-corrected chi connectivity index (χ3v) is 2.30. The SMILES string of the molecule is NC(c1cncnc1)c1cc(F)c(F)c(F)c1. The summed E-state index contributed by atoms with van der Waals surface area (Å²) in [5.74, 6) is -4.05. The van der Waals surface area contributed by atoms with Crippen molar-refractivity contribution in [2.24, 2.45) is 5.73 Å². The highest BCUT2D eigenvalue weighted by atomic mass is 19.2. The van der Waals surface area contributed by atoms with E-state index in [9.17, 15) is 13.2 Å². The minimum Gasteiger partial charge on any atom is -0.320 e. The molecule has 2 aromatic rings. The van der Waals surface area contributed by atoms with Crippen molar-refractivity contribution in [3.05, 3.63) is 59.4 Å². The van der Waals surface area contributed by atoms with Gasteiger partial charge in [-0.3, -0.25) is 0 Å². The second-order valence-corrected chi connectivity index (χ2v) is 3.45. The summed E-state index contributed by atoms with van der Waals surface area (Å²) in [7, 11) is 0. The first-order valence-electron chi connectivity index (χ1n) is 4.74. The molecule has 1 atom stereocenters. The van der Waals surface area contributed by atoms with Gasteiger partial charge in [-0.25, -0.2) is 23.1 Å². The lowest BCUT2D eigenvalue weighted by Crippen LogP contribution is -2.13. The Bertz CT molecular complexity index is 508. The molecule has 3 nitrogen and oxygen atoms in total. The van der Waals surface area contributed by atoms with E-state index in [-0.39, 0.29) is 5.56 Å². The normalized spacial score (nSPS) is 12.5. The molecule has 0 amide bonds. The predicted octanol–water partition coefficient (Wildman–Crippen LogP) is 1.94. The third-order valence-electron chi connectivity index (χ3n) is 2.30. The first-order valence-corrected chi connectivity index (χ1v) is 4.74. The summed E-state index contributed by atoms with van der Waals surface area (Å²) in [4.78, 5) is 7.48. The minimum atomic E-state index is -1.51. The summed E-state index contributed by atoms with van der Waals surface area (Å²) >= 11 is 0. The van der Waals surface area contributed by atoms with Crippen LogP contribution >= 0.6 is 0 Å². The van der Waals surface area contributed by atoms with Crippen molar-refractivity contribution in [1.82, 2.24) is 9.97 Å². The fraction of sp³-hybridized carbons (Fsp3) is 0.0909. The molecule has 6 heteroatoms. The van der Waals surface area contributed by atoms with E-state index in [1.165, 1.54) is 18.7 Å². The molecule has 0 aliphatic rings. The van der Waals surface area contributed by atoms with E-state index < -0.39 is 23.5 Å². The molecule has 0 saturated carbocycles. The highest BCUT2D eigenvalue weighted by molar-refractivity contribution is 5.29. The van der Waals surface area contributed by atoms with Crippen LogP contribution in [0.3, 0.4) is 0 Å². The van der Waals surface area contributed by atoms with Gasteiger partial charge in [0, 0.05) is 18.0 Å². The minimum absolute atomic E-state index is 0.121. The summed E-state index contributed by atoms with van der Waals surface area (Å²) in [5, 5.41) is 0. The molecule has 0 aliphatic heterocycles. The predicted molar refractivity (Wildman–Crippen MR) is 54.4 cm³/mol. The molecule has 0 bridgehead atoms. The van der Waals surface area contributed by atoms with Gasteiger partial charge in [0.2, 0.25) is 0 Å². The fourth-order valence-corrected chi connectivity index (χ4v) is 1.42. The lowest BCUT2D eigenvalue weighted by Gasteiger charge is -2.12. The molecule has 0 saturated heterocycles. The average molecular weight is 239 g/mol. The number of nitrogens with zero attached hydrogens (tertiary/aromatic N) is 2. The van der Waals surface area contributed by atoms with Gasteiger partial charge in [0.15, 0.2) is 17.5 Å². The van der Waals surface area contributed by atoms with Gasteiger partial charge >= 0.3 is 0 Å². The number of hydrogen-bond acceptors (Lipinski definition) is 3.